The van der Waals surface area contributed by atoms with Crippen molar-refractivity contribution in [2.75, 3.05) is 12.3 Å². The molecule has 14 heavy (non-hydrogen) atoms. The van der Waals surface area contributed by atoms with Crippen molar-refractivity contribution in [2.24, 2.45) is 0 Å². The Labute approximate surface area is 81.5 Å². The summed E-state index contributed by atoms with van der Waals surface area (Å²) in [5.74, 6) is -0.373. The molecule has 0 atom stereocenters. The molecule has 1 rings (SSSR count). The van der Waals surface area contributed by atoms with Gasteiger partial charge in [-0.3, -0.25) is 9.89 Å². The van der Waals surface area contributed by atoms with Gasteiger partial charge in [-0.1, -0.05) is 0 Å². The van der Waals surface area contributed by atoms with Crippen LogP contribution in [0.3, 0.4) is 0 Å². The molecule has 0 fully saturated rings. The number of aromatic nitrogens is 2. The highest BCUT2D eigenvalue weighted by Gasteiger charge is 2.16. The van der Waals surface area contributed by atoms with Gasteiger partial charge in [-0.25, -0.2) is 0 Å². The number of nitrogens with one attached hydrogen (secondary N) is 2. The van der Waals surface area contributed by atoms with Gasteiger partial charge in [-0.15, -0.1) is 0 Å². The molecule has 0 radical (unpaired) electrons. The molecule has 0 aliphatic carbocycles. The van der Waals surface area contributed by atoms with Crippen molar-refractivity contribution in [1.82, 2.24) is 15.5 Å². The predicted molar refractivity (Wildman–Crippen MR) is 51.6 cm³/mol. The summed E-state index contributed by atoms with van der Waals surface area (Å²) in [4.78, 5) is 11.4. The maximum atomic E-state index is 11.4. The van der Waals surface area contributed by atoms with Crippen LogP contribution in [-0.2, 0) is 0 Å². The lowest BCUT2D eigenvalue weighted by Gasteiger charge is -2.17. The number of nitrogens with two attached hydrogens (primary N) is 1. The molecule has 0 aromatic carbocycles. The zero-order chi connectivity index (χ0) is 10.8. The number of rotatable bonds is 3. The van der Waals surface area contributed by atoms with Crippen LogP contribution in [0.1, 0.15) is 24.3 Å². The lowest BCUT2D eigenvalue weighted by Crippen LogP contribution is -2.38. The van der Waals surface area contributed by atoms with Gasteiger partial charge in [0.05, 0.1) is 17.5 Å². The van der Waals surface area contributed by atoms with Crippen LogP contribution in [-0.4, -0.2) is 33.4 Å². The molecule has 6 nitrogen and oxygen atoms in total. The number of amides is 1. The minimum Gasteiger partial charge on any atom is -0.396 e. The first-order chi connectivity index (χ1) is 6.40. The molecule has 78 valence electrons. The summed E-state index contributed by atoms with van der Waals surface area (Å²) < 4.78 is 0. The van der Waals surface area contributed by atoms with E-state index in [2.05, 4.69) is 15.5 Å². The summed E-state index contributed by atoms with van der Waals surface area (Å²) in [6.45, 7) is 3.36. The summed E-state index contributed by atoms with van der Waals surface area (Å²) in [7, 11) is 0. The van der Waals surface area contributed by atoms with Gasteiger partial charge >= 0.3 is 0 Å². The van der Waals surface area contributed by atoms with Gasteiger partial charge in [0.15, 0.2) is 0 Å². The fourth-order valence-corrected chi connectivity index (χ4v) is 0.862. The number of aromatic amines is 1. The SMILES string of the molecule is CC(C)(O)CNC(=O)c1[nH]ncc1N. The molecular weight excluding hydrogens is 184 g/mol. The molecule has 1 amide bonds. The Bertz CT molecular complexity index is 326. The van der Waals surface area contributed by atoms with Crippen LogP contribution in [0.5, 0.6) is 0 Å². The van der Waals surface area contributed by atoms with E-state index in [1.54, 1.807) is 13.8 Å². The van der Waals surface area contributed by atoms with Crippen molar-refractivity contribution in [3.05, 3.63) is 11.9 Å². The Hall–Kier alpha value is -1.56. The highest BCUT2D eigenvalue weighted by Crippen LogP contribution is 2.06. The lowest BCUT2D eigenvalue weighted by atomic mass is 10.1. The Morgan fingerprint density at radius 3 is 2.86 bits per heavy atom. The van der Waals surface area contributed by atoms with Crippen molar-refractivity contribution in [2.45, 2.75) is 19.4 Å². The maximum absolute atomic E-state index is 11.4. The van der Waals surface area contributed by atoms with E-state index >= 15 is 0 Å². The van der Waals surface area contributed by atoms with Crippen LogP contribution in [0.4, 0.5) is 5.69 Å². The quantitative estimate of drug-likeness (QED) is 0.525. The Kier molecular flexibility index (Phi) is 2.76. The Balaban J connectivity index is 2.56. The van der Waals surface area contributed by atoms with E-state index < -0.39 is 5.60 Å². The van der Waals surface area contributed by atoms with Gasteiger partial charge in [-0.2, -0.15) is 5.10 Å². The summed E-state index contributed by atoms with van der Waals surface area (Å²) in [5.41, 5.74) is 5.03. The van der Waals surface area contributed by atoms with Crippen LogP contribution < -0.4 is 11.1 Å². The number of aliphatic hydroxyl groups is 1. The van der Waals surface area contributed by atoms with Crippen LogP contribution in [0.2, 0.25) is 0 Å². The standard InChI is InChI=1S/C8H14N4O2/c1-8(2,14)4-10-7(13)6-5(9)3-11-12-6/h3,14H,4,9H2,1-2H3,(H,10,13)(H,11,12). The number of carbonyl (C=O) groups is 1. The molecule has 0 bridgehead atoms. The third-order valence-corrected chi connectivity index (χ3v) is 1.58. The molecule has 0 spiro atoms. The molecule has 0 unspecified atom stereocenters. The smallest absolute Gasteiger partial charge is 0.271 e. The van der Waals surface area contributed by atoms with Crippen LogP contribution >= 0.6 is 0 Å². The van der Waals surface area contributed by atoms with Crippen molar-refractivity contribution < 1.29 is 9.90 Å². The zero-order valence-electron chi connectivity index (χ0n) is 8.16. The Morgan fingerprint density at radius 1 is 1.79 bits per heavy atom. The highest BCUT2D eigenvalue weighted by molar-refractivity contribution is 5.96. The number of nitrogen functional groups attached to an aromatic ring is 1. The maximum Gasteiger partial charge on any atom is 0.271 e. The normalized spacial score (nSPS) is 11.4. The van der Waals surface area contributed by atoms with Crippen molar-refractivity contribution in [3.63, 3.8) is 0 Å². The minimum absolute atomic E-state index is 0.157. The van der Waals surface area contributed by atoms with Crippen LogP contribution in [0, 0.1) is 0 Å². The van der Waals surface area contributed by atoms with E-state index in [4.69, 9.17) is 5.73 Å². The summed E-state index contributed by atoms with van der Waals surface area (Å²) >= 11 is 0. The third-order valence-electron chi connectivity index (χ3n) is 1.58. The average Bonchev–Trinajstić information content (AvgIpc) is 2.46. The lowest BCUT2D eigenvalue weighted by molar-refractivity contribution is 0.0692. The van der Waals surface area contributed by atoms with Crippen LogP contribution in [0.25, 0.3) is 0 Å². The number of carbonyl (C=O) groups excluding carboxylic acids is 1. The molecule has 6 heteroatoms. The fourth-order valence-electron chi connectivity index (χ4n) is 0.862. The van der Waals surface area contributed by atoms with Gasteiger partial charge in [0, 0.05) is 6.54 Å². The molecular formula is C8H14N4O2. The van der Waals surface area contributed by atoms with Crippen LogP contribution in [0.15, 0.2) is 6.20 Å². The molecule has 1 aromatic rings. The second-order valence-corrected chi connectivity index (χ2v) is 3.70. The monoisotopic (exact) mass is 198 g/mol. The summed E-state index contributed by atoms with van der Waals surface area (Å²) in [6, 6.07) is 0. The van der Waals surface area contributed by atoms with Gasteiger partial charge in [0.25, 0.3) is 5.91 Å². The van der Waals surface area contributed by atoms with Gasteiger partial charge in [0.1, 0.15) is 5.69 Å². The molecule has 0 aliphatic rings. The fraction of sp³-hybridized carbons (Fsp3) is 0.500. The van der Waals surface area contributed by atoms with Crippen molar-refractivity contribution in [3.8, 4) is 0 Å². The number of nitrogens with zero attached hydrogens (tertiary/aromatic N) is 1. The summed E-state index contributed by atoms with van der Waals surface area (Å²) in [6.07, 6.45) is 1.36. The van der Waals surface area contributed by atoms with E-state index in [1.165, 1.54) is 6.20 Å². The minimum atomic E-state index is -0.940. The average molecular weight is 198 g/mol. The molecule has 1 heterocycles. The van der Waals surface area contributed by atoms with Crippen molar-refractivity contribution in [1.29, 1.82) is 0 Å². The number of hydrogen-bond acceptors (Lipinski definition) is 4. The van der Waals surface area contributed by atoms with E-state index in [9.17, 15) is 9.90 Å². The molecule has 0 aliphatic heterocycles. The van der Waals surface area contributed by atoms with E-state index in [0.717, 1.165) is 0 Å². The van der Waals surface area contributed by atoms with Crippen molar-refractivity contribution >= 4 is 11.6 Å². The van der Waals surface area contributed by atoms with Gasteiger partial charge in [-0.05, 0) is 13.8 Å². The first-order valence-electron chi connectivity index (χ1n) is 4.19. The van der Waals surface area contributed by atoms with Gasteiger partial charge in [0.2, 0.25) is 0 Å². The first kappa shape index (κ1) is 10.5. The van der Waals surface area contributed by atoms with Gasteiger partial charge < -0.3 is 16.2 Å². The number of H-pyrrole nitrogens is 1. The summed E-state index contributed by atoms with van der Waals surface area (Å²) in [5, 5.41) is 18.0. The predicted octanol–water partition coefficient (Wildman–Crippen LogP) is -0.507. The highest BCUT2D eigenvalue weighted by atomic mass is 16.3. The zero-order valence-corrected chi connectivity index (χ0v) is 8.16. The topological polar surface area (TPSA) is 104 Å². The third kappa shape index (κ3) is 2.74. The van der Waals surface area contributed by atoms with E-state index in [1.807, 2.05) is 0 Å². The Morgan fingerprint density at radius 2 is 2.43 bits per heavy atom. The van der Waals surface area contributed by atoms with E-state index in [-0.39, 0.29) is 18.1 Å². The second kappa shape index (κ2) is 3.67. The number of hydrogen-bond donors (Lipinski definition) is 4. The molecule has 5 N–H and O–H groups in total. The number of anilines is 1. The van der Waals surface area contributed by atoms with E-state index in [0.29, 0.717) is 5.69 Å². The first-order valence-corrected chi connectivity index (χ1v) is 4.19. The molecule has 0 saturated heterocycles. The molecule has 0 saturated carbocycles. The largest absolute Gasteiger partial charge is 0.396 e. The molecule has 1 aromatic heterocycles. The second-order valence-electron chi connectivity index (χ2n) is 3.70.